The van der Waals surface area contributed by atoms with E-state index in [1.807, 2.05) is 37.4 Å². The van der Waals surface area contributed by atoms with Gasteiger partial charge < -0.3 is 14.7 Å². The summed E-state index contributed by atoms with van der Waals surface area (Å²) in [4.78, 5) is 10.8. The summed E-state index contributed by atoms with van der Waals surface area (Å²) in [5.41, 5.74) is 2.77. The number of hydrogen-bond acceptors (Lipinski definition) is 5. The van der Waals surface area contributed by atoms with Crippen molar-refractivity contribution in [3.8, 4) is 5.88 Å². The van der Waals surface area contributed by atoms with Gasteiger partial charge in [0.05, 0.1) is 24.5 Å². The van der Waals surface area contributed by atoms with Crippen LogP contribution in [0.2, 0.25) is 0 Å². The van der Waals surface area contributed by atoms with Crippen LogP contribution in [0.5, 0.6) is 5.88 Å². The second-order valence-corrected chi connectivity index (χ2v) is 6.22. The summed E-state index contributed by atoms with van der Waals surface area (Å²) in [6.45, 7) is 3.58. The number of aliphatic hydroxyl groups excluding tert-OH is 1. The molecule has 0 unspecified atom stereocenters. The second kappa shape index (κ2) is 6.62. The molecule has 3 rings (SSSR count). The molecular formula is C16H18BrN3O2. The van der Waals surface area contributed by atoms with Gasteiger partial charge in [-0.3, -0.25) is 0 Å². The van der Waals surface area contributed by atoms with Crippen molar-refractivity contribution in [2.45, 2.75) is 26.1 Å². The number of pyridine rings is 2. The fourth-order valence-electron chi connectivity index (χ4n) is 2.61. The minimum absolute atomic E-state index is 0.0731. The van der Waals surface area contributed by atoms with Gasteiger partial charge in [-0.25, -0.2) is 9.97 Å². The molecule has 1 saturated heterocycles. The van der Waals surface area contributed by atoms with E-state index >= 15 is 0 Å². The zero-order valence-corrected chi connectivity index (χ0v) is 14.0. The third-order valence-corrected chi connectivity index (χ3v) is 4.16. The Morgan fingerprint density at radius 1 is 1.36 bits per heavy atom. The largest absolute Gasteiger partial charge is 0.472 e. The molecule has 6 heteroatoms. The SMILES string of the molecule is Cc1ccc(O[C@H]2CCN(c3ccc(Br)nc3CO)C2)nc1. The molecule has 0 amide bonds. The number of halogens is 1. The Hall–Kier alpha value is -1.66. The standard InChI is InChI=1S/C16H18BrN3O2/c1-11-2-5-16(18-8-11)22-12-6-7-20(9-12)14-3-4-15(17)19-13(14)10-21/h2-5,8,12,21H,6-7,9-10H2,1H3/t12-/m0/s1. The third kappa shape index (κ3) is 3.39. The Bertz CT molecular complexity index is 648. The van der Waals surface area contributed by atoms with Crippen molar-refractivity contribution >= 4 is 21.6 Å². The molecule has 22 heavy (non-hydrogen) atoms. The lowest BCUT2D eigenvalue weighted by Crippen LogP contribution is -2.25. The summed E-state index contributed by atoms with van der Waals surface area (Å²) in [6.07, 6.45) is 2.84. The van der Waals surface area contributed by atoms with Crippen molar-refractivity contribution in [2.75, 3.05) is 18.0 Å². The summed E-state index contributed by atoms with van der Waals surface area (Å²) in [5, 5.41) is 9.48. The molecule has 1 aliphatic rings. The summed E-state index contributed by atoms with van der Waals surface area (Å²) in [5.74, 6) is 0.661. The number of aliphatic hydroxyl groups is 1. The summed E-state index contributed by atoms with van der Waals surface area (Å²) >= 11 is 3.33. The van der Waals surface area contributed by atoms with Crippen LogP contribution in [0.25, 0.3) is 0 Å². The lowest BCUT2D eigenvalue weighted by molar-refractivity contribution is 0.215. The van der Waals surface area contributed by atoms with Crippen molar-refractivity contribution in [2.24, 2.45) is 0 Å². The number of nitrogens with zero attached hydrogens (tertiary/aromatic N) is 3. The van der Waals surface area contributed by atoms with Crippen LogP contribution >= 0.6 is 15.9 Å². The normalized spacial score (nSPS) is 17.8. The van der Waals surface area contributed by atoms with Crippen molar-refractivity contribution in [1.29, 1.82) is 0 Å². The number of hydrogen-bond donors (Lipinski definition) is 1. The fourth-order valence-corrected chi connectivity index (χ4v) is 2.96. The zero-order chi connectivity index (χ0) is 15.5. The monoisotopic (exact) mass is 363 g/mol. The Balaban J connectivity index is 1.68. The van der Waals surface area contributed by atoms with Crippen LogP contribution in [0.3, 0.4) is 0 Å². The molecular weight excluding hydrogens is 346 g/mol. The number of aryl methyl sites for hydroxylation is 1. The molecule has 0 spiro atoms. The van der Waals surface area contributed by atoms with Gasteiger partial charge in [-0.15, -0.1) is 0 Å². The van der Waals surface area contributed by atoms with E-state index < -0.39 is 0 Å². The van der Waals surface area contributed by atoms with E-state index in [0.29, 0.717) is 11.6 Å². The zero-order valence-electron chi connectivity index (χ0n) is 12.4. The molecule has 0 radical (unpaired) electrons. The maximum atomic E-state index is 9.48. The molecule has 1 atom stereocenters. The Labute approximate surface area is 138 Å². The van der Waals surface area contributed by atoms with Crippen LogP contribution in [0, 0.1) is 6.92 Å². The van der Waals surface area contributed by atoms with Gasteiger partial charge in [-0.1, -0.05) is 6.07 Å². The van der Waals surface area contributed by atoms with Crippen LogP contribution in [-0.2, 0) is 6.61 Å². The van der Waals surface area contributed by atoms with Crippen molar-refractivity contribution < 1.29 is 9.84 Å². The predicted molar refractivity (Wildman–Crippen MR) is 88.1 cm³/mol. The third-order valence-electron chi connectivity index (χ3n) is 3.72. The number of anilines is 1. The molecule has 0 bridgehead atoms. The van der Waals surface area contributed by atoms with E-state index in [1.165, 1.54) is 0 Å². The van der Waals surface area contributed by atoms with Crippen LogP contribution in [-0.4, -0.2) is 34.3 Å². The van der Waals surface area contributed by atoms with E-state index in [2.05, 4.69) is 30.8 Å². The van der Waals surface area contributed by atoms with Gasteiger partial charge in [0, 0.05) is 25.2 Å². The summed E-state index contributed by atoms with van der Waals surface area (Å²) < 4.78 is 6.67. The molecule has 3 heterocycles. The molecule has 1 fully saturated rings. The highest BCUT2D eigenvalue weighted by molar-refractivity contribution is 9.10. The highest BCUT2D eigenvalue weighted by Crippen LogP contribution is 2.26. The topological polar surface area (TPSA) is 58.5 Å². The second-order valence-electron chi connectivity index (χ2n) is 5.41. The molecule has 1 N–H and O–H groups in total. The molecule has 2 aromatic heterocycles. The Morgan fingerprint density at radius 2 is 2.23 bits per heavy atom. The fraction of sp³-hybridized carbons (Fsp3) is 0.375. The predicted octanol–water partition coefficient (Wildman–Crippen LogP) is 2.70. The highest BCUT2D eigenvalue weighted by atomic mass is 79.9. The van der Waals surface area contributed by atoms with E-state index in [0.717, 1.165) is 35.4 Å². The Kier molecular flexibility index (Phi) is 4.59. The molecule has 0 saturated carbocycles. The highest BCUT2D eigenvalue weighted by Gasteiger charge is 2.26. The van der Waals surface area contributed by atoms with E-state index in [9.17, 15) is 5.11 Å². The van der Waals surface area contributed by atoms with Crippen molar-refractivity contribution in [3.63, 3.8) is 0 Å². The van der Waals surface area contributed by atoms with Gasteiger partial charge in [0.1, 0.15) is 10.7 Å². The average Bonchev–Trinajstić information content (AvgIpc) is 2.97. The first-order valence-electron chi connectivity index (χ1n) is 7.26. The minimum Gasteiger partial charge on any atom is -0.472 e. The van der Waals surface area contributed by atoms with E-state index in [1.54, 1.807) is 0 Å². The molecule has 2 aromatic rings. The van der Waals surface area contributed by atoms with Gasteiger partial charge in [-0.05, 0) is 40.5 Å². The first-order valence-corrected chi connectivity index (χ1v) is 8.05. The number of ether oxygens (including phenoxy) is 1. The van der Waals surface area contributed by atoms with E-state index in [4.69, 9.17) is 4.74 Å². The number of aromatic nitrogens is 2. The van der Waals surface area contributed by atoms with Gasteiger partial charge in [0.15, 0.2) is 0 Å². The van der Waals surface area contributed by atoms with E-state index in [-0.39, 0.29) is 12.7 Å². The lowest BCUT2D eigenvalue weighted by atomic mass is 10.3. The van der Waals surface area contributed by atoms with Gasteiger partial charge in [0.25, 0.3) is 0 Å². The minimum atomic E-state index is -0.0731. The van der Waals surface area contributed by atoms with Gasteiger partial charge >= 0.3 is 0 Å². The first-order chi connectivity index (χ1) is 10.7. The maximum Gasteiger partial charge on any atom is 0.213 e. The molecule has 0 aliphatic carbocycles. The molecule has 0 aromatic carbocycles. The quantitative estimate of drug-likeness (QED) is 0.846. The molecule has 5 nitrogen and oxygen atoms in total. The van der Waals surface area contributed by atoms with Crippen LogP contribution in [0.15, 0.2) is 35.1 Å². The van der Waals surface area contributed by atoms with Gasteiger partial charge in [-0.2, -0.15) is 0 Å². The average molecular weight is 364 g/mol. The van der Waals surface area contributed by atoms with Crippen LogP contribution in [0.1, 0.15) is 17.7 Å². The lowest BCUT2D eigenvalue weighted by Gasteiger charge is -2.21. The summed E-state index contributed by atoms with van der Waals surface area (Å²) in [7, 11) is 0. The van der Waals surface area contributed by atoms with Crippen LogP contribution < -0.4 is 9.64 Å². The first kappa shape index (κ1) is 15.2. The Morgan fingerprint density at radius 3 is 2.95 bits per heavy atom. The molecule has 116 valence electrons. The van der Waals surface area contributed by atoms with Gasteiger partial charge in [0.2, 0.25) is 5.88 Å². The van der Waals surface area contributed by atoms with Crippen molar-refractivity contribution in [1.82, 2.24) is 9.97 Å². The maximum absolute atomic E-state index is 9.48. The smallest absolute Gasteiger partial charge is 0.213 e. The summed E-state index contributed by atoms with van der Waals surface area (Å²) in [6, 6.07) is 7.77. The van der Waals surface area contributed by atoms with Crippen LogP contribution in [0.4, 0.5) is 5.69 Å². The molecule has 1 aliphatic heterocycles. The van der Waals surface area contributed by atoms with Crippen molar-refractivity contribution in [3.05, 3.63) is 46.3 Å². The number of rotatable bonds is 4.